The van der Waals surface area contributed by atoms with Crippen LogP contribution in [0.25, 0.3) is 0 Å². The highest BCUT2D eigenvalue weighted by Crippen LogP contribution is 2.46. The molecule has 0 aromatic heterocycles. The van der Waals surface area contributed by atoms with Gasteiger partial charge >= 0.3 is 7.60 Å². The highest BCUT2D eigenvalue weighted by atomic mass is 31.2. The van der Waals surface area contributed by atoms with Gasteiger partial charge in [0.2, 0.25) is 5.85 Å². The van der Waals surface area contributed by atoms with Crippen LogP contribution in [-0.4, -0.2) is 21.3 Å². The third-order valence-electron chi connectivity index (χ3n) is 2.13. The largest absolute Gasteiger partial charge is 0.379 e. The van der Waals surface area contributed by atoms with Gasteiger partial charge in [0.05, 0.1) is 5.71 Å². The van der Waals surface area contributed by atoms with Crippen molar-refractivity contribution >= 4 is 13.3 Å². The molecule has 0 amide bonds. The van der Waals surface area contributed by atoms with Crippen molar-refractivity contribution in [3.63, 3.8) is 0 Å². The number of benzene rings is 1. The Morgan fingerprint density at radius 2 is 2.00 bits per heavy atom. The van der Waals surface area contributed by atoms with Gasteiger partial charge in [0.15, 0.2) is 0 Å². The first-order valence-corrected chi connectivity index (χ1v) is 6.09. The summed E-state index contributed by atoms with van der Waals surface area (Å²) >= 11 is 0. The Balaban J connectivity index is 2.14. The van der Waals surface area contributed by atoms with Gasteiger partial charge in [-0.3, -0.25) is 4.57 Å². The number of nitrogens with zero attached hydrogens (tertiary/aromatic N) is 1. The van der Waals surface area contributed by atoms with Crippen molar-refractivity contribution in [3.8, 4) is 0 Å². The van der Waals surface area contributed by atoms with E-state index in [2.05, 4.69) is 5.16 Å². The molecule has 5 nitrogen and oxygen atoms in total. The Hall–Kier alpha value is -1.16. The standard InChI is InChI=1S/C9H10NO4P/c11-15(12,13)9-6-8(10-14-9)7-4-2-1-3-5-7/h1-5,9H,6H2,(H2,11,12,13). The molecule has 80 valence electrons. The second-order valence-electron chi connectivity index (χ2n) is 3.26. The Bertz CT molecular complexity index is 425. The van der Waals surface area contributed by atoms with Crippen LogP contribution in [0.1, 0.15) is 12.0 Å². The van der Waals surface area contributed by atoms with Crippen LogP contribution in [0.15, 0.2) is 35.5 Å². The first kappa shape index (κ1) is 10.4. The van der Waals surface area contributed by atoms with Crippen LogP contribution in [-0.2, 0) is 9.40 Å². The summed E-state index contributed by atoms with van der Waals surface area (Å²) in [4.78, 5) is 22.5. The molecule has 0 saturated carbocycles. The molecule has 1 unspecified atom stereocenters. The summed E-state index contributed by atoms with van der Waals surface area (Å²) in [6, 6.07) is 9.18. The Morgan fingerprint density at radius 1 is 1.33 bits per heavy atom. The third kappa shape index (κ3) is 2.26. The van der Waals surface area contributed by atoms with E-state index in [9.17, 15) is 4.57 Å². The topological polar surface area (TPSA) is 79.1 Å². The van der Waals surface area contributed by atoms with E-state index in [1.165, 1.54) is 0 Å². The van der Waals surface area contributed by atoms with E-state index in [1.807, 2.05) is 30.3 Å². The quantitative estimate of drug-likeness (QED) is 0.746. The molecule has 1 aliphatic heterocycles. The van der Waals surface area contributed by atoms with E-state index in [-0.39, 0.29) is 6.42 Å². The number of hydrogen-bond donors (Lipinski definition) is 2. The lowest BCUT2D eigenvalue weighted by Crippen LogP contribution is -2.08. The summed E-state index contributed by atoms with van der Waals surface area (Å²) < 4.78 is 10.9. The zero-order valence-electron chi connectivity index (χ0n) is 7.78. The van der Waals surface area contributed by atoms with E-state index in [0.29, 0.717) is 5.71 Å². The van der Waals surface area contributed by atoms with Crippen molar-refractivity contribution in [1.82, 2.24) is 0 Å². The van der Waals surface area contributed by atoms with Crippen LogP contribution in [0.3, 0.4) is 0 Å². The van der Waals surface area contributed by atoms with Gasteiger partial charge in [0.25, 0.3) is 0 Å². The van der Waals surface area contributed by atoms with E-state index in [1.54, 1.807) is 0 Å². The van der Waals surface area contributed by atoms with Crippen molar-refractivity contribution in [3.05, 3.63) is 35.9 Å². The zero-order chi connectivity index (χ0) is 10.9. The maximum atomic E-state index is 10.9. The normalized spacial score (nSPS) is 20.9. The number of oxime groups is 1. The van der Waals surface area contributed by atoms with Crippen molar-refractivity contribution < 1.29 is 19.2 Å². The smallest absolute Gasteiger partial charge is 0.368 e. The fourth-order valence-corrected chi connectivity index (χ4v) is 1.93. The van der Waals surface area contributed by atoms with Crippen LogP contribution in [0.5, 0.6) is 0 Å². The molecule has 1 heterocycles. The lowest BCUT2D eigenvalue weighted by molar-refractivity contribution is 0.117. The van der Waals surface area contributed by atoms with Crippen LogP contribution in [0, 0.1) is 0 Å². The van der Waals surface area contributed by atoms with E-state index in [4.69, 9.17) is 14.6 Å². The summed E-state index contributed by atoms with van der Waals surface area (Å²) in [6.07, 6.45) is 0.147. The van der Waals surface area contributed by atoms with Crippen molar-refractivity contribution in [2.45, 2.75) is 12.3 Å². The molecule has 1 aliphatic rings. The maximum absolute atomic E-state index is 10.9. The van der Waals surface area contributed by atoms with Gasteiger partial charge in [0.1, 0.15) is 0 Å². The van der Waals surface area contributed by atoms with Crippen LogP contribution < -0.4 is 0 Å². The lowest BCUT2D eigenvalue weighted by Gasteiger charge is -2.08. The van der Waals surface area contributed by atoms with Crippen LogP contribution in [0.2, 0.25) is 0 Å². The minimum absolute atomic E-state index is 0.147. The average molecular weight is 227 g/mol. The molecule has 0 bridgehead atoms. The van der Waals surface area contributed by atoms with E-state index >= 15 is 0 Å². The maximum Gasteiger partial charge on any atom is 0.368 e. The van der Waals surface area contributed by atoms with Gasteiger partial charge in [-0.2, -0.15) is 0 Å². The lowest BCUT2D eigenvalue weighted by atomic mass is 10.1. The second-order valence-corrected chi connectivity index (χ2v) is 5.01. The summed E-state index contributed by atoms with van der Waals surface area (Å²) in [5.41, 5.74) is 1.40. The van der Waals surface area contributed by atoms with Gasteiger partial charge < -0.3 is 14.6 Å². The van der Waals surface area contributed by atoms with Gasteiger partial charge in [-0.15, -0.1) is 0 Å². The number of hydrogen-bond acceptors (Lipinski definition) is 3. The SMILES string of the molecule is O=P(O)(O)C1CC(c2ccccc2)=NO1. The van der Waals surface area contributed by atoms with Crippen LogP contribution in [0.4, 0.5) is 0 Å². The second kappa shape index (κ2) is 3.77. The summed E-state index contributed by atoms with van der Waals surface area (Å²) in [7, 11) is -4.21. The minimum Gasteiger partial charge on any atom is -0.379 e. The molecule has 15 heavy (non-hydrogen) atoms. The Morgan fingerprint density at radius 3 is 2.53 bits per heavy atom. The van der Waals surface area contributed by atoms with Crippen molar-refractivity contribution in [1.29, 1.82) is 0 Å². The Kier molecular flexibility index (Phi) is 2.61. The van der Waals surface area contributed by atoms with Crippen molar-refractivity contribution in [2.75, 3.05) is 0 Å². The summed E-state index contributed by atoms with van der Waals surface area (Å²) in [6.45, 7) is 0. The zero-order valence-corrected chi connectivity index (χ0v) is 8.67. The highest BCUT2D eigenvalue weighted by molar-refractivity contribution is 7.52. The summed E-state index contributed by atoms with van der Waals surface area (Å²) in [5, 5.41) is 3.68. The fraction of sp³-hybridized carbons (Fsp3) is 0.222. The molecule has 0 radical (unpaired) electrons. The van der Waals surface area contributed by atoms with Gasteiger partial charge in [-0.1, -0.05) is 35.5 Å². The molecule has 1 aromatic carbocycles. The fourth-order valence-electron chi connectivity index (χ4n) is 1.35. The molecular weight excluding hydrogens is 217 g/mol. The molecule has 1 aromatic rings. The summed E-state index contributed by atoms with van der Waals surface area (Å²) in [5.74, 6) is -1.13. The first-order chi connectivity index (χ1) is 7.07. The van der Waals surface area contributed by atoms with Gasteiger partial charge in [-0.25, -0.2) is 0 Å². The molecule has 2 N–H and O–H groups in total. The number of rotatable bonds is 2. The van der Waals surface area contributed by atoms with Gasteiger partial charge in [-0.05, 0) is 5.56 Å². The van der Waals surface area contributed by atoms with Crippen LogP contribution >= 0.6 is 7.60 Å². The monoisotopic (exact) mass is 227 g/mol. The molecule has 6 heteroatoms. The van der Waals surface area contributed by atoms with Crippen molar-refractivity contribution in [2.24, 2.45) is 5.16 Å². The predicted molar refractivity (Wildman–Crippen MR) is 54.5 cm³/mol. The molecule has 2 rings (SSSR count). The Labute approximate surface area is 86.5 Å². The predicted octanol–water partition coefficient (Wildman–Crippen LogP) is 1.31. The van der Waals surface area contributed by atoms with E-state index in [0.717, 1.165) is 5.56 Å². The van der Waals surface area contributed by atoms with E-state index < -0.39 is 13.4 Å². The molecular formula is C9H10NO4P. The molecule has 0 fully saturated rings. The minimum atomic E-state index is -4.21. The molecule has 1 atom stereocenters. The molecule has 0 aliphatic carbocycles. The van der Waals surface area contributed by atoms with Gasteiger partial charge in [0, 0.05) is 6.42 Å². The highest BCUT2D eigenvalue weighted by Gasteiger charge is 2.36. The third-order valence-corrected chi connectivity index (χ3v) is 3.16. The molecule has 0 spiro atoms. The average Bonchev–Trinajstić information content (AvgIpc) is 2.67. The first-order valence-electron chi connectivity index (χ1n) is 4.41. The molecule has 0 saturated heterocycles.